The molecular weight excluding hydrogens is 743 g/mol. The zero-order valence-corrected chi connectivity index (χ0v) is 33.0. The molecule has 2 heterocycles. The van der Waals surface area contributed by atoms with E-state index >= 15 is 0 Å². The molecule has 0 bridgehead atoms. The summed E-state index contributed by atoms with van der Waals surface area (Å²) >= 11 is 0. The smallest absolute Gasteiger partial charge is 0.160 e. The van der Waals surface area contributed by atoms with Crippen molar-refractivity contribution in [2.24, 2.45) is 0 Å². The molecule has 0 radical (unpaired) electrons. The van der Waals surface area contributed by atoms with Gasteiger partial charge in [-0.2, -0.15) is 0 Å². The van der Waals surface area contributed by atoms with E-state index in [-0.39, 0.29) is 0 Å². The van der Waals surface area contributed by atoms with Gasteiger partial charge in [0.1, 0.15) is 16.7 Å². The molecule has 61 heavy (non-hydrogen) atoms. The molecule has 0 saturated carbocycles. The Kier molecular flexibility index (Phi) is 7.31. The highest BCUT2D eigenvalue weighted by atomic mass is 16.3. The van der Waals surface area contributed by atoms with Crippen LogP contribution in [0.5, 0.6) is 0 Å². The molecular formula is C58H35NO2. The standard InChI is InChI=1S/C58H35NO2/c1-2-12-36(13-3-1)38-22-26-41(27-23-38)59(42-28-24-37-14-4-5-15-39(37)34-42)57-43(40-25-29-48-46-18-7-6-16-44(46)45-17-8-9-19-47(45)51(48)35-40)30-31-50-56-54(61-58(50)57)33-32-53-55(56)49-20-10-11-21-52(49)60-53/h1-35H. The van der Waals surface area contributed by atoms with Crippen molar-refractivity contribution >= 4 is 104 Å². The van der Waals surface area contributed by atoms with Crippen molar-refractivity contribution in [3.05, 3.63) is 212 Å². The highest BCUT2D eigenvalue weighted by Gasteiger charge is 2.26. The number of fused-ring (bicyclic) bond motifs is 14. The van der Waals surface area contributed by atoms with Crippen molar-refractivity contribution in [2.45, 2.75) is 0 Å². The molecule has 3 heteroatoms. The summed E-state index contributed by atoms with van der Waals surface area (Å²) in [4.78, 5) is 2.40. The van der Waals surface area contributed by atoms with E-state index in [1.165, 1.54) is 48.7 Å². The van der Waals surface area contributed by atoms with Gasteiger partial charge in [-0.3, -0.25) is 0 Å². The molecule has 0 aliphatic heterocycles. The molecule has 13 aromatic rings. The van der Waals surface area contributed by atoms with Crippen LogP contribution < -0.4 is 4.90 Å². The van der Waals surface area contributed by atoms with E-state index in [2.05, 4.69) is 199 Å². The van der Waals surface area contributed by atoms with Gasteiger partial charge in [0.25, 0.3) is 0 Å². The summed E-state index contributed by atoms with van der Waals surface area (Å²) in [6.07, 6.45) is 0. The third-order valence-corrected chi connectivity index (χ3v) is 12.6. The second-order valence-electron chi connectivity index (χ2n) is 16.0. The van der Waals surface area contributed by atoms with Crippen LogP contribution in [-0.2, 0) is 0 Å². The molecule has 0 aliphatic rings. The SMILES string of the molecule is c1ccc(-c2ccc(N(c3ccc4ccccc4c3)c3c(-c4ccc5c6ccccc6c6ccccc6c5c4)ccc4c3oc3ccc5oc6ccccc6c5c34)cc2)cc1. The summed E-state index contributed by atoms with van der Waals surface area (Å²) < 4.78 is 13.6. The zero-order chi connectivity index (χ0) is 40.0. The Morgan fingerprint density at radius 1 is 0.295 bits per heavy atom. The molecule has 0 unspecified atom stereocenters. The van der Waals surface area contributed by atoms with Crippen molar-refractivity contribution in [2.75, 3.05) is 4.90 Å². The molecule has 0 spiro atoms. The lowest BCUT2D eigenvalue weighted by molar-refractivity contribution is 0.663. The quantitative estimate of drug-likeness (QED) is 0.163. The molecule has 0 saturated heterocycles. The molecule has 0 N–H and O–H groups in total. The van der Waals surface area contributed by atoms with E-state index in [0.717, 1.165) is 77.6 Å². The second kappa shape index (κ2) is 13.2. The average Bonchev–Trinajstić information content (AvgIpc) is 3.91. The maximum absolute atomic E-state index is 7.21. The lowest BCUT2D eigenvalue weighted by Crippen LogP contribution is -2.11. The van der Waals surface area contributed by atoms with E-state index in [0.29, 0.717) is 0 Å². The minimum Gasteiger partial charge on any atom is -0.456 e. The first kappa shape index (κ1) is 33.8. The number of hydrogen-bond acceptors (Lipinski definition) is 3. The van der Waals surface area contributed by atoms with Crippen LogP contribution in [0.4, 0.5) is 17.1 Å². The Balaban J connectivity index is 1.15. The Labute approximate surface area is 350 Å². The van der Waals surface area contributed by atoms with Crippen molar-refractivity contribution in [3.63, 3.8) is 0 Å². The largest absolute Gasteiger partial charge is 0.456 e. The van der Waals surface area contributed by atoms with Gasteiger partial charge in [-0.1, -0.05) is 158 Å². The van der Waals surface area contributed by atoms with Gasteiger partial charge in [0.15, 0.2) is 5.58 Å². The van der Waals surface area contributed by atoms with E-state index in [4.69, 9.17) is 8.83 Å². The fourth-order valence-electron chi connectivity index (χ4n) is 9.82. The third kappa shape index (κ3) is 5.17. The number of para-hydroxylation sites is 1. The molecule has 0 fully saturated rings. The monoisotopic (exact) mass is 777 g/mol. The van der Waals surface area contributed by atoms with E-state index in [9.17, 15) is 0 Å². The predicted octanol–water partition coefficient (Wildman–Crippen LogP) is 16.9. The normalized spacial score (nSPS) is 11.9. The van der Waals surface area contributed by atoms with Gasteiger partial charge in [0, 0.05) is 38.5 Å². The Hall–Kier alpha value is -8.14. The lowest BCUT2D eigenvalue weighted by Gasteiger charge is -2.28. The molecule has 0 aliphatic carbocycles. The van der Waals surface area contributed by atoms with Crippen LogP contribution in [0, 0.1) is 0 Å². The molecule has 11 aromatic carbocycles. The van der Waals surface area contributed by atoms with Crippen LogP contribution in [0.2, 0.25) is 0 Å². The molecule has 3 nitrogen and oxygen atoms in total. The molecule has 284 valence electrons. The van der Waals surface area contributed by atoms with Crippen molar-refractivity contribution < 1.29 is 8.83 Å². The molecule has 2 aromatic heterocycles. The maximum Gasteiger partial charge on any atom is 0.160 e. The lowest BCUT2D eigenvalue weighted by atomic mass is 9.91. The van der Waals surface area contributed by atoms with Crippen molar-refractivity contribution in [1.82, 2.24) is 0 Å². The first-order valence-electron chi connectivity index (χ1n) is 20.8. The summed E-state index contributed by atoms with van der Waals surface area (Å²) in [5.41, 5.74) is 10.9. The van der Waals surface area contributed by atoms with Crippen LogP contribution in [0.25, 0.3) is 109 Å². The van der Waals surface area contributed by atoms with Gasteiger partial charge in [-0.25, -0.2) is 0 Å². The van der Waals surface area contributed by atoms with E-state index in [1.807, 2.05) is 18.2 Å². The van der Waals surface area contributed by atoms with E-state index in [1.54, 1.807) is 0 Å². The van der Waals surface area contributed by atoms with Gasteiger partial charge < -0.3 is 13.7 Å². The highest BCUT2D eigenvalue weighted by molar-refractivity contribution is 6.29. The van der Waals surface area contributed by atoms with Crippen molar-refractivity contribution in [3.8, 4) is 22.3 Å². The zero-order valence-electron chi connectivity index (χ0n) is 33.0. The molecule has 13 rings (SSSR count). The predicted molar refractivity (Wildman–Crippen MR) is 257 cm³/mol. The summed E-state index contributed by atoms with van der Waals surface area (Å²) in [6, 6.07) is 76.3. The Bertz CT molecular complexity index is 3840. The van der Waals surface area contributed by atoms with Gasteiger partial charge in [0.2, 0.25) is 0 Å². The van der Waals surface area contributed by atoms with E-state index < -0.39 is 0 Å². The minimum absolute atomic E-state index is 0.814. The number of rotatable bonds is 5. The Morgan fingerprint density at radius 3 is 1.59 bits per heavy atom. The number of hydrogen-bond donors (Lipinski definition) is 0. The fourth-order valence-corrected chi connectivity index (χ4v) is 9.82. The van der Waals surface area contributed by atoms with Crippen molar-refractivity contribution in [1.29, 1.82) is 0 Å². The topological polar surface area (TPSA) is 29.5 Å². The summed E-state index contributed by atoms with van der Waals surface area (Å²) in [5, 5.41) is 14.1. The second-order valence-corrected chi connectivity index (χ2v) is 16.0. The number of anilines is 3. The first-order valence-corrected chi connectivity index (χ1v) is 20.8. The highest BCUT2D eigenvalue weighted by Crippen LogP contribution is 2.50. The van der Waals surface area contributed by atoms with Crippen LogP contribution in [0.3, 0.4) is 0 Å². The summed E-state index contributed by atoms with van der Waals surface area (Å²) in [5.74, 6) is 0. The maximum atomic E-state index is 7.21. The van der Waals surface area contributed by atoms with Gasteiger partial charge in [0.05, 0.1) is 5.69 Å². The van der Waals surface area contributed by atoms with Crippen LogP contribution in [0.1, 0.15) is 0 Å². The van der Waals surface area contributed by atoms with Crippen LogP contribution in [0.15, 0.2) is 221 Å². The molecule has 0 atom stereocenters. The summed E-state index contributed by atoms with van der Waals surface area (Å²) in [6.45, 7) is 0. The van der Waals surface area contributed by atoms with Crippen LogP contribution >= 0.6 is 0 Å². The molecule has 0 amide bonds. The first-order chi connectivity index (χ1) is 30.2. The van der Waals surface area contributed by atoms with Gasteiger partial charge in [-0.15, -0.1) is 0 Å². The van der Waals surface area contributed by atoms with Gasteiger partial charge in [-0.05, 0) is 114 Å². The number of benzene rings is 11. The average molecular weight is 778 g/mol. The number of furan rings is 2. The van der Waals surface area contributed by atoms with Gasteiger partial charge >= 0.3 is 0 Å². The Morgan fingerprint density at radius 2 is 0.836 bits per heavy atom. The minimum atomic E-state index is 0.814. The summed E-state index contributed by atoms with van der Waals surface area (Å²) in [7, 11) is 0. The third-order valence-electron chi connectivity index (χ3n) is 12.6. The fraction of sp³-hybridized carbons (Fsp3) is 0. The number of nitrogens with zero attached hydrogens (tertiary/aromatic N) is 1. The van der Waals surface area contributed by atoms with Crippen LogP contribution in [-0.4, -0.2) is 0 Å².